The van der Waals surface area contributed by atoms with Gasteiger partial charge >= 0.3 is 5.69 Å². The van der Waals surface area contributed by atoms with E-state index in [2.05, 4.69) is 16.8 Å². The summed E-state index contributed by atoms with van der Waals surface area (Å²) in [5, 5.41) is -0.0401. The maximum Gasteiger partial charge on any atom is 0.349 e. The molecule has 0 bridgehead atoms. The first-order valence-electron chi connectivity index (χ1n) is 11.5. The molecule has 0 saturated carbocycles. The summed E-state index contributed by atoms with van der Waals surface area (Å²) in [6.45, 7) is 1.26. The first kappa shape index (κ1) is 16.5. The molecule has 2 aromatic carbocycles. The van der Waals surface area contributed by atoms with Gasteiger partial charge < -0.3 is 14.4 Å². The Morgan fingerprint density at radius 1 is 1.23 bits per heavy atom. The van der Waals surface area contributed by atoms with E-state index in [0.717, 1.165) is 11.1 Å². The molecule has 3 aromatic rings. The van der Waals surface area contributed by atoms with Gasteiger partial charge in [-0.25, -0.2) is 9.18 Å². The molecule has 1 aromatic heterocycles. The molecular weight excluding hydrogens is 397 g/mol. The van der Waals surface area contributed by atoms with Crippen molar-refractivity contribution >= 4 is 22.4 Å². The van der Waals surface area contributed by atoms with Gasteiger partial charge in [0.2, 0.25) is 0 Å². The molecule has 158 valence electrons. The van der Waals surface area contributed by atoms with Crippen LogP contribution in [0, 0.1) is 23.1 Å². The number of hydrogen-bond acceptors (Lipinski definition) is 5. The monoisotopic (exact) mass is 422 g/mol. The number of anilines is 2. The molecule has 5 rings (SSSR count). The number of nitrogens with zero attached hydrogens (tertiary/aromatic N) is 3. The second-order valence-electron chi connectivity index (χ2n) is 8.00. The smallest absolute Gasteiger partial charge is 0.349 e. The maximum absolute atomic E-state index is 15.1. The van der Waals surface area contributed by atoms with Crippen LogP contribution < -0.4 is 10.6 Å². The number of aryl methyl sites for hydroxylation is 1. The Kier molecular flexibility index (Phi) is 3.98. The standard InChI is InChI=1S/C24H22FN3O3/c1-24(14-31-15-24)10-9-16-5-3-7-19-17(16)13-30-12-11-28(19)22-21-18(25)6-4-8-20(21)27(2)23(29)26-22/h3-8H,11-15H2,1-2H3/i2D3. The van der Waals surface area contributed by atoms with Gasteiger partial charge in [-0.1, -0.05) is 24.0 Å². The van der Waals surface area contributed by atoms with Crippen molar-refractivity contribution in [1.82, 2.24) is 9.55 Å². The van der Waals surface area contributed by atoms with E-state index in [1.54, 1.807) is 4.90 Å². The lowest BCUT2D eigenvalue weighted by atomic mass is 9.89. The molecule has 0 N–H and O–H groups in total. The Hall–Kier alpha value is -3.21. The quantitative estimate of drug-likeness (QED) is 0.564. The molecule has 1 saturated heterocycles. The molecule has 2 aliphatic heterocycles. The van der Waals surface area contributed by atoms with E-state index in [9.17, 15) is 4.79 Å². The van der Waals surface area contributed by atoms with Crippen molar-refractivity contribution in [2.75, 3.05) is 31.3 Å². The molecule has 1 fully saturated rings. The van der Waals surface area contributed by atoms with Crippen LogP contribution in [-0.4, -0.2) is 35.9 Å². The summed E-state index contributed by atoms with van der Waals surface area (Å²) in [5.41, 5.74) is 1.02. The normalized spacial score (nSPS) is 19.2. The lowest BCUT2D eigenvalue weighted by Crippen LogP contribution is -2.38. The van der Waals surface area contributed by atoms with Gasteiger partial charge in [0.1, 0.15) is 5.82 Å². The summed E-state index contributed by atoms with van der Waals surface area (Å²) in [5.74, 6) is 5.88. The van der Waals surface area contributed by atoms with E-state index < -0.39 is 18.5 Å². The fraction of sp³-hybridized carbons (Fsp3) is 0.333. The molecular formula is C24H22FN3O3. The molecule has 0 atom stereocenters. The zero-order valence-corrected chi connectivity index (χ0v) is 16.9. The fourth-order valence-electron chi connectivity index (χ4n) is 3.88. The molecule has 0 amide bonds. The van der Waals surface area contributed by atoms with Crippen molar-refractivity contribution < 1.29 is 18.0 Å². The van der Waals surface area contributed by atoms with E-state index in [0.29, 0.717) is 36.6 Å². The van der Waals surface area contributed by atoms with Gasteiger partial charge in [0.15, 0.2) is 5.82 Å². The highest BCUT2D eigenvalue weighted by Gasteiger charge is 2.31. The predicted octanol–water partition coefficient (Wildman–Crippen LogP) is 3.13. The number of hydrogen-bond donors (Lipinski definition) is 0. The summed E-state index contributed by atoms with van der Waals surface area (Å²) < 4.78 is 50.0. The predicted molar refractivity (Wildman–Crippen MR) is 116 cm³/mol. The average molecular weight is 422 g/mol. The lowest BCUT2D eigenvalue weighted by molar-refractivity contribution is -0.0648. The SMILES string of the molecule is [2H]C([2H])([2H])n1c(=O)nc(N2CCOCc3c(C#CC4(C)COC4)cccc32)c2c(F)cccc21. The molecule has 0 unspecified atom stereocenters. The van der Waals surface area contributed by atoms with E-state index in [-0.39, 0.29) is 28.7 Å². The number of fused-ring (bicyclic) bond motifs is 2. The average Bonchev–Trinajstić information content (AvgIpc) is 2.98. The van der Waals surface area contributed by atoms with Crippen LogP contribution in [0.4, 0.5) is 15.9 Å². The highest BCUT2D eigenvalue weighted by Crippen LogP contribution is 2.36. The third-order valence-electron chi connectivity index (χ3n) is 5.59. The van der Waals surface area contributed by atoms with Crippen LogP contribution >= 0.6 is 0 Å². The van der Waals surface area contributed by atoms with E-state index in [1.165, 1.54) is 18.2 Å². The Balaban J connectivity index is 1.72. The summed E-state index contributed by atoms with van der Waals surface area (Å²) in [6, 6.07) is 9.58. The van der Waals surface area contributed by atoms with Crippen LogP contribution in [0.2, 0.25) is 0 Å². The van der Waals surface area contributed by atoms with Gasteiger partial charge in [0.05, 0.1) is 42.7 Å². The zero-order valence-electron chi connectivity index (χ0n) is 19.9. The summed E-state index contributed by atoms with van der Waals surface area (Å²) >= 11 is 0. The number of ether oxygens (including phenoxy) is 2. The van der Waals surface area contributed by atoms with Crippen LogP contribution in [0.25, 0.3) is 10.9 Å². The van der Waals surface area contributed by atoms with Crippen LogP contribution in [0.1, 0.15) is 22.2 Å². The lowest BCUT2D eigenvalue weighted by Gasteiger charge is -2.32. The Morgan fingerprint density at radius 3 is 2.84 bits per heavy atom. The summed E-state index contributed by atoms with van der Waals surface area (Å²) in [6.07, 6.45) is 0. The minimum Gasteiger partial charge on any atom is -0.378 e. The summed E-state index contributed by atoms with van der Waals surface area (Å²) in [7, 11) is 0. The van der Waals surface area contributed by atoms with Crippen LogP contribution in [0.3, 0.4) is 0 Å². The van der Waals surface area contributed by atoms with Gasteiger partial charge in [-0.15, -0.1) is 0 Å². The molecule has 0 radical (unpaired) electrons. The van der Waals surface area contributed by atoms with E-state index in [1.807, 2.05) is 25.1 Å². The largest absolute Gasteiger partial charge is 0.378 e. The van der Waals surface area contributed by atoms with Crippen LogP contribution in [0.5, 0.6) is 0 Å². The van der Waals surface area contributed by atoms with Crippen LogP contribution in [0.15, 0.2) is 41.2 Å². The molecule has 7 heteroatoms. The Labute approximate surface area is 183 Å². The number of aromatic nitrogens is 2. The van der Waals surface area contributed by atoms with E-state index in [4.69, 9.17) is 13.6 Å². The molecule has 0 aliphatic carbocycles. The van der Waals surface area contributed by atoms with Crippen molar-refractivity contribution in [2.24, 2.45) is 12.4 Å². The van der Waals surface area contributed by atoms with Gasteiger partial charge in [0.25, 0.3) is 0 Å². The van der Waals surface area contributed by atoms with Crippen LogP contribution in [-0.2, 0) is 23.1 Å². The second kappa shape index (κ2) is 7.49. The molecule has 31 heavy (non-hydrogen) atoms. The Bertz CT molecular complexity index is 1400. The second-order valence-corrected chi connectivity index (χ2v) is 8.00. The molecule has 3 heterocycles. The highest BCUT2D eigenvalue weighted by atomic mass is 19.1. The first-order valence-corrected chi connectivity index (χ1v) is 9.98. The van der Waals surface area contributed by atoms with E-state index >= 15 is 4.39 Å². The first-order chi connectivity index (χ1) is 16.2. The van der Waals surface area contributed by atoms with Gasteiger partial charge in [-0.05, 0) is 31.2 Å². The van der Waals surface area contributed by atoms with Crippen molar-refractivity contribution in [1.29, 1.82) is 0 Å². The summed E-state index contributed by atoms with van der Waals surface area (Å²) in [4.78, 5) is 18.6. The number of benzene rings is 2. The number of halogens is 1. The van der Waals surface area contributed by atoms with Crippen molar-refractivity contribution in [3.63, 3.8) is 0 Å². The molecule has 6 nitrogen and oxygen atoms in total. The Morgan fingerprint density at radius 2 is 2.06 bits per heavy atom. The number of rotatable bonds is 1. The van der Waals surface area contributed by atoms with Gasteiger partial charge in [-0.3, -0.25) is 4.57 Å². The highest BCUT2D eigenvalue weighted by molar-refractivity contribution is 5.92. The molecule has 2 aliphatic rings. The zero-order chi connectivity index (χ0) is 24.1. The third-order valence-corrected chi connectivity index (χ3v) is 5.59. The van der Waals surface area contributed by atoms with Gasteiger partial charge in [0, 0.05) is 34.4 Å². The molecule has 0 spiro atoms. The van der Waals surface area contributed by atoms with Crippen molar-refractivity contribution in [3.8, 4) is 11.8 Å². The van der Waals surface area contributed by atoms with Crippen molar-refractivity contribution in [3.05, 3.63) is 63.8 Å². The fourth-order valence-corrected chi connectivity index (χ4v) is 3.88. The third kappa shape index (κ3) is 3.38. The minimum absolute atomic E-state index is 0.0401. The van der Waals surface area contributed by atoms with Gasteiger partial charge in [-0.2, -0.15) is 4.98 Å². The topological polar surface area (TPSA) is 56.6 Å². The van der Waals surface area contributed by atoms with Crippen molar-refractivity contribution in [2.45, 2.75) is 13.5 Å². The maximum atomic E-state index is 15.1. The minimum atomic E-state index is -2.81.